The quantitative estimate of drug-likeness (QED) is 0.853. The lowest BCUT2D eigenvalue weighted by atomic mass is 10.1. The van der Waals surface area contributed by atoms with Crippen molar-refractivity contribution >= 4 is 29.1 Å². The van der Waals surface area contributed by atoms with E-state index < -0.39 is 5.97 Å². The molecule has 2 rings (SSSR count). The van der Waals surface area contributed by atoms with Gasteiger partial charge >= 0.3 is 5.97 Å². The highest BCUT2D eigenvalue weighted by molar-refractivity contribution is 7.98. The number of benzene rings is 1. The fraction of sp³-hybridized carbons (Fsp3) is 0.214. The summed E-state index contributed by atoms with van der Waals surface area (Å²) in [5.74, 6) is 0.487. The van der Waals surface area contributed by atoms with Crippen LogP contribution in [0, 0.1) is 11.3 Å². The largest absolute Gasteiger partial charge is 0.478 e. The summed E-state index contributed by atoms with van der Waals surface area (Å²) in [7, 11) is 0. The summed E-state index contributed by atoms with van der Waals surface area (Å²) in [5.41, 5.74) is 2.95. The molecule has 20 heavy (non-hydrogen) atoms. The third-order valence-electron chi connectivity index (χ3n) is 2.21. The Bertz CT molecular complexity index is 533. The number of aromatic nitrogens is 1. The number of nitriles is 1. The van der Waals surface area contributed by atoms with E-state index >= 15 is 0 Å². The van der Waals surface area contributed by atoms with Crippen LogP contribution in [0.2, 0.25) is 0 Å². The Hall–Kier alpha value is -1.84. The third kappa shape index (κ3) is 6.36. The van der Waals surface area contributed by atoms with Gasteiger partial charge in [-0.3, -0.25) is 4.98 Å². The highest BCUT2D eigenvalue weighted by Crippen LogP contribution is 2.17. The molecule has 6 heteroatoms. The van der Waals surface area contributed by atoms with Gasteiger partial charge < -0.3 is 5.11 Å². The minimum atomic E-state index is -0.897. The van der Waals surface area contributed by atoms with Gasteiger partial charge in [-0.1, -0.05) is 18.2 Å². The van der Waals surface area contributed by atoms with E-state index in [1.807, 2.05) is 17.5 Å². The SMILES string of the molecule is N#CCCSCc1ccccc1C(=O)O.c1cscn1. The zero-order valence-electron chi connectivity index (χ0n) is 10.7. The van der Waals surface area contributed by atoms with Crippen LogP contribution < -0.4 is 0 Å². The van der Waals surface area contributed by atoms with Gasteiger partial charge in [0.1, 0.15) is 0 Å². The van der Waals surface area contributed by atoms with E-state index in [0.717, 1.165) is 11.3 Å². The molecule has 1 heterocycles. The van der Waals surface area contributed by atoms with Crippen LogP contribution in [0.1, 0.15) is 22.3 Å². The Morgan fingerprint density at radius 3 is 2.80 bits per heavy atom. The number of carboxylic acids is 1. The average molecular weight is 306 g/mol. The van der Waals surface area contributed by atoms with Crippen molar-refractivity contribution in [3.05, 3.63) is 52.5 Å². The van der Waals surface area contributed by atoms with Crippen molar-refractivity contribution < 1.29 is 9.90 Å². The monoisotopic (exact) mass is 306 g/mol. The molecule has 1 aromatic heterocycles. The zero-order chi connectivity index (χ0) is 14.6. The molecular formula is C14H14N2O2S2. The summed E-state index contributed by atoms with van der Waals surface area (Å²) >= 11 is 3.18. The molecule has 0 saturated carbocycles. The molecule has 0 fully saturated rings. The second-order valence-electron chi connectivity index (χ2n) is 3.60. The summed E-state index contributed by atoms with van der Waals surface area (Å²) in [5, 5.41) is 19.2. The van der Waals surface area contributed by atoms with Gasteiger partial charge in [-0.15, -0.1) is 11.3 Å². The van der Waals surface area contributed by atoms with Crippen LogP contribution in [0.5, 0.6) is 0 Å². The summed E-state index contributed by atoms with van der Waals surface area (Å²) in [4.78, 5) is 14.6. The first-order chi connectivity index (χ1) is 9.75. The molecule has 0 aliphatic rings. The van der Waals surface area contributed by atoms with E-state index in [1.165, 1.54) is 0 Å². The van der Waals surface area contributed by atoms with Crippen molar-refractivity contribution in [1.29, 1.82) is 5.26 Å². The standard InChI is InChI=1S/C11H11NO2S.C3H3NS/c12-6-3-7-15-8-9-4-1-2-5-10(9)11(13)14;1-2-5-3-4-1/h1-2,4-5H,3,7-8H2,(H,13,14);1-3H. The molecule has 0 radical (unpaired) electrons. The summed E-state index contributed by atoms with van der Waals surface area (Å²) < 4.78 is 0. The third-order valence-corrected chi connectivity index (χ3v) is 3.74. The van der Waals surface area contributed by atoms with Crippen LogP contribution in [0.15, 0.2) is 41.4 Å². The van der Waals surface area contributed by atoms with Gasteiger partial charge in [0.05, 0.1) is 17.1 Å². The highest BCUT2D eigenvalue weighted by atomic mass is 32.2. The molecule has 0 aliphatic carbocycles. The lowest BCUT2D eigenvalue weighted by molar-refractivity contribution is 0.0696. The second kappa shape index (κ2) is 10.0. The van der Waals surface area contributed by atoms with E-state index in [4.69, 9.17) is 10.4 Å². The molecule has 0 aliphatic heterocycles. The summed E-state index contributed by atoms with van der Waals surface area (Å²) in [6.45, 7) is 0. The molecule has 0 spiro atoms. The predicted octanol–water partition coefficient (Wildman–Crippen LogP) is 3.67. The van der Waals surface area contributed by atoms with E-state index in [9.17, 15) is 4.79 Å². The number of aromatic carboxylic acids is 1. The lowest BCUT2D eigenvalue weighted by Crippen LogP contribution is -2.01. The van der Waals surface area contributed by atoms with Crippen molar-refractivity contribution in [2.45, 2.75) is 12.2 Å². The minimum absolute atomic E-state index is 0.349. The van der Waals surface area contributed by atoms with Gasteiger partial charge in [0.25, 0.3) is 0 Å². The van der Waals surface area contributed by atoms with Gasteiger partial charge in [0, 0.05) is 29.5 Å². The van der Waals surface area contributed by atoms with Crippen molar-refractivity contribution in [2.75, 3.05) is 5.75 Å². The number of rotatable bonds is 5. The molecule has 4 nitrogen and oxygen atoms in total. The van der Waals surface area contributed by atoms with Crippen LogP contribution in [0.4, 0.5) is 0 Å². The molecular weight excluding hydrogens is 292 g/mol. The number of thiazole rings is 1. The van der Waals surface area contributed by atoms with Gasteiger partial charge in [-0.25, -0.2) is 4.79 Å². The van der Waals surface area contributed by atoms with E-state index in [-0.39, 0.29) is 0 Å². The molecule has 1 aromatic carbocycles. The molecule has 0 atom stereocenters. The van der Waals surface area contributed by atoms with Crippen LogP contribution in [0.25, 0.3) is 0 Å². The summed E-state index contributed by atoms with van der Waals surface area (Å²) in [6.07, 6.45) is 2.27. The first-order valence-electron chi connectivity index (χ1n) is 5.83. The van der Waals surface area contributed by atoms with Crippen LogP contribution >= 0.6 is 23.1 Å². The van der Waals surface area contributed by atoms with Crippen molar-refractivity contribution in [1.82, 2.24) is 4.98 Å². The maximum atomic E-state index is 10.8. The first kappa shape index (κ1) is 16.2. The van der Waals surface area contributed by atoms with Gasteiger partial charge in [0.2, 0.25) is 0 Å². The zero-order valence-corrected chi connectivity index (χ0v) is 12.4. The Kier molecular flexibility index (Phi) is 8.11. The molecule has 0 unspecified atom stereocenters. The average Bonchev–Trinajstić information content (AvgIpc) is 3.03. The van der Waals surface area contributed by atoms with Crippen LogP contribution in [-0.4, -0.2) is 21.8 Å². The normalized spacial score (nSPS) is 9.15. The fourth-order valence-electron chi connectivity index (χ4n) is 1.33. The molecule has 0 saturated heterocycles. The van der Waals surface area contributed by atoms with Gasteiger partial charge in [-0.2, -0.15) is 17.0 Å². The highest BCUT2D eigenvalue weighted by Gasteiger charge is 2.07. The molecule has 1 N–H and O–H groups in total. The number of thioether (sulfide) groups is 1. The van der Waals surface area contributed by atoms with Crippen molar-refractivity contribution in [2.24, 2.45) is 0 Å². The van der Waals surface area contributed by atoms with Crippen LogP contribution in [-0.2, 0) is 5.75 Å². The van der Waals surface area contributed by atoms with Crippen molar-refractivity contribution in [3.8, 4) is 6.07 Å². The number of carboxylic acid groups (broad SMARTS) is 1. The maximum absolute atomic E-state index is 10.8. The molecule has 104 valence electrons. The fourth-order valence-corrected chi connectivity index (χ4v) is 2.53. The number of nitrogens with zero attached hydrogens (tertiary/aromatic N) is 2. The molecule has 0 amide bonds. The van der Waals surface area contributed by atoms with Crippen LogP contribution in [0.3, 0.4) is 0 Å². The first-order valence-corrected chi connectivity index (χ1v) is 7.93. The lowest BCUT2D eigenvalue weighted by Gasteiger charge is -2.04. The number of hydrogen-bond acceptors (Lipinski definition) is 5. The van der Waals surface area contributed by atoms with E-state index in [2.05, 4.69) is 11.1 Å². The smallest absolute Gasteiger partial charge is 0.335 e. The second-order valence-corrected chi connectivity index (χ2v) is 5.46. The Labute approximate surface area is 126 Å². The molecule has 2 aromatic rings. The maximum Gasteiger partial charge on any atom is 0.335 e. The number of hydrogen-bond donors (Lipinski definition) is 1. The minimum Gasteiger partial charge on any atom is -0.478 e. The van der Waals surface area contributed by atoms with Gasteiger partial charge in [-0.05, 0) is 11.6 Å². The van der Waals surface area contributed by atoms with E-state index in [1.54, 1.807) is 46.9 Å². The predicted molar refractivity (Wildman–Crippen MR) is 81.9 cm³/mol. The van der Waals surface area contributed by atoms with Crippen molar-refractivity contribution in [3.63, 3.8) is 0 Å². The molecule has 0 bridgehead atoms. The Morgan fingerprint density at radius 1 is 1.45 bits per heavy atom. The topological polar surface area (TPSA) is 74.0 Å². The summed E-state index contributed by atoms with van der Waals surface area (Å²) in [6, 6.07) is 9.00. The van der Waals surface area contributed by atoms with E-state index in [0.29, 0.717) is 17.7 Å². The Morgan fingerprint density at radius 2 is 2.25 bits per heavy atom. The van der Waals surface area contributed by atoms with Gasteiger partial charge in [0.15, 0.2) is 0 Å². The number of carbonyl (C=O) groups is 1. The Balaban J connectivity index is 0.000000333.